The SMILES string of the molecule is Cc1ccccc1-c1cc(C(=O)Nc2nc(C)n(-c3ccccc3)n2)c2cnn(C(C)C)c2n1. The molecule has 34 heavy (non-hydrogen) atoms. The van der Waals surface area contributed by atoms with Gasteiger partial charge in [0.15, 0.2) is 5.65 Å². The van der Waals surface area contributed by atoms with E-state index in [1.807, 2.05) is 93.0 Å². The number of pyridine rings is 1. The van der Waals surface area contributed by atoms with Gasteiger partial charge in [-0.15, -0.1) is 5.10 Å². The maximum absolute atomic E-state index is 13.5. The first-order valence-electron chi connectivity index (χ1n) is 11.2. The van der Waals surface area contributed by atoms with Crippen LogP contribution in [-0.2, 0) is 0 Å². The standard InChI is InChI=1S/C26H25N7O/c1-16(2)32-24-22(15-27-32)21(14-23(29-24)20-13-9-8-10-17(20)3)25(34)30-26-28-18(4)33(31-26)19-11-6-5-7-12-19/h5-16H,1-4H3,(H,30,31,34). The summed E-state index contributed by atoms with van der Waals surface area (Å²) in [5.41, 5.74) is 4.78. The van der Waals surface area contributed by atoms with Crippen molar-refractivity contribution in [2.45, 2.75) is 33.7 Å². The molecule has 0 aliphatic heterocycles. The fraction of sp³-hybridized carbons (Fsp3) is 0.192. The van der Waals surface area contributed by atoms with Gasteiger partial charge in [-0.2, -0.15) is 10.1 Å². The molecule has 0 bridgehead atoms. The van der Waals surface area contributed by atoms with E-state index in [1.165, 1.54) is 0 Å². The van der Waals surface area contributed by atoms with Gasteiger partial charge in [-0.25, -0.2) is 14.3 Å². The summed E-state index contributed by atoms with van der Waals surface area (Å²) in [5, 5.41) is 12.5. The average molecular weight is 452 g/mol. The number of aryl methyl sites for hydroxylation is 2. The molecule has 2 aromatic carbocycles. The van der Waals surface area contributed by atoms with Crippen molar-refractivity contribution in [1.29, 1.82) is 0 Å². The Balaban J connectivity index is 1.58. The van der Waals surface area contributed by atoms with E-state index in [1.54, 1.807) is 10.9 Å². The summed E-state index contributed by atoms with van der Waals surface area (Å²) in [6.07, 6.45) is 1.69. The van der Waals surface area contributed by atoms with Gasteiger partial charge in [-0.05, 0) is 51.5 Å². The lowest BCUT2D eigenvalue weighted by Crippen LogP contribution is -2.15. The summed E-state index contributed by atoms with van der Waals surface area (Å²) < 4.78 is 3.54. The molecular weight excluding hydrogens is 426 g/mol. The zero-order chi connectivity index (χ0) is 23.8. The summed E-state index contributed by atoms with van der Waals surface area (Å²) in [7, 11) is 0. The van der Waals surface area contributed by atoms with E-state index in [2.05, 4.69) is 20.5 Å². The van der Waals surface area contributed by atoms with Crippen LogP contribution in [0.2, 0.25) is 0 Å². The molecule has 8 heteroatoms. The predicted octanol–water partition coefficient (Wildman–Crippen LogP) is 5.13. The molecule has 1 N–H and O–H groups in total. The molecule has 5 aromatic rings. The summed E-state index contributed by atoms with van der Waals surface area (Å²) >= 11 is 0. The number of nitrogens with zero attached hydrogens (tertiary/aromatic N) is 6. The lowest BCUT2D eigenvalue weighted by atomic mass is 10.0. The quantitative estimate of drug-likeness (QED) is 0.400. The van der Waals surface area contributed by atoms with Crippen LogP contribution in [-0.4, -0.2) is 35.4 Å². The number of nitrogens with one attached hydrogen (secondary N) is 1. The van der Waals surface area contributed by atoms with Crippen molar-refractivity contribution in [2.75, 3.05) is 5.32 Å². The molecule has 0 saturated heterocycles. The number of para-hydroxylation sites is 1. The largest absolute Gasteiger partial charge is 0.289 e. The molecule has 8 nitrogen and oxygen atoms in total. The van der Waals surface area contributed by atoms with Crippen LogP contribution < -0.4 is 5.32 Å². The lowest BCUT2D eigenvalue weighted by Gasteiger charge is -2.11. The van der Waals surface area contributed by atoms with Gasteiger partial charge in [0.05, 0.1) is 28.5 Å². The van der Waals surface area contributed by atoms with Gasteiger partial charge in [-0.1, -0.05) is 42.5 Å². The normalized spacial score (nSPS) is 11.3. The van der Waals surface area contributed by atoms with Crippen LogP contribution in [0.1, 0.15) is 41.6 Å². The molecule has 0 unspecified atom stereocenters. The monoisotopic (exact) mass is 451 g/mol. The van der Waals surface area contributed by atoms with Crippen molar-refractivity contribution in [2.24, 2.45) is 0 Å². The Morgan fingerprint density at radius 2 is 1.71 bits per heavy atom. The highest BCUT2D eigenvalue weighted by molar-refractivity contribution is 6.12. The van der Waals surface area contributed by atoms with Gasteiger partial charge >= 0.3 is 0 Å². The number of anilines is 1. The number of aromatic nitrogens is 6. The van der Waals surface area contributed by atoms with Gasteiger partial charge in [0.2, 0.25) is 5.95 Å². The minimum atomic E-state index is -0.309. The zero-order valence-corrected chi connectivity index (χ0v) is 19.5. The Morgan fingerprint density at radius 1 is 0.971 bits per heavy atom. The van der Waals surface area contributed by atoms with Gasteiger partial charge < -0.3 is 0 Å². The van der Waals surface area contributed by atoms with Gasteiger partial charge in [0.1, 0.15) is 5.82 Å². The topological polar surface area (TPSA) is 90.5 Å². The molecule has 170 valence electrons. The van der Waals surface area contributed by atoms with Crippen LogP contribution in [0.25, 0.3) is 28.0 Å². The molecule has 0 saturated carbocycles. The number of carbonyl (C=O) groups is 1. The van der Waals surface area contributed by atoms with Crippen LogP contribution >= 0.6 is 0 Å². The van der Waals surface area contributed by atoms with Crippen molar-refractivity contribution in [1.82, 2.24) is 29.5 Å². The Hall–Kier alpha value is -4.33. The average Bonchev–Trinajstić information content (AvgIpc) is 3.42. The first kappa shape index (κ1) is 21.5. The summed E-state index contributed by atoms with van der Waals surface area (Å²) in [4.78, 5) is 22.8. The van der Waals surface area contributed by atoms with Crippen molar-refractivity contribution in [3.8, 4) is 16.9 Å². The number of carbonyl (C=O) groups excluding carboxylic acids is 1. The molecule has 3 aromatic heterocycles. The number of benzene rings is 2. The Bertz CT molecular complexity index is 1500. The molecule has 0 aliphatic rings. The summed E-state index contributed by atoms with van der Waals surface area (Å²) in [6, 6.07) is 19.6. The van der Waals surface area contributed by atoms with E-state index in [9.17, 15) is 4.79 Å². The van der Waals surface area contributed by atoms with E-state index in [4.69, 9.17) is 4.98 Å². The molecule has 0 atom stereocenters. The molecule has 0 spiro atoms. The third kappa shape index (κ3) is 3.83. The maximum atomic E-state index is 13.5. The number of hydrogen-bond donors (Lipinski definition) is 1. The first-order chi connectivity index (χ1) is 16.4. The second kappa shape index (κ2) is 8.55. The Morgan fingerprint density at radius 3 is 2.44 bits per heavy atom. The van der Waals surface area contributed by atoms with Crippen molar-refractivity contribution < 1.29 is 4.79 Å². The molecule has 0 aliphatic carbocycles. The van der Waals surface area contributed by atoms with Crippen LogP contribution in [0.4, 0.5) is 5.95 Å². The number of amides is 1. The fourth-order valence-corrected chi connectivity index (χ4v) is 4.01. The van der Waals surface area contributed by atoms with E-state index in [0.717, 1.165) is 22.5 Å². The minimum Gasteiger partial charge on any atom is -0.289 e. The zero-order valence-electron chi connectivity index (χ0n) is 19.5. The van der Waals surface area contributed by atoms with Crippen LogP contribution in [0.15, 0.2) is 66.9 Å². The fourth-order valence-electron chi connectivity index (χ4n) is 4.01. The second-order valence-corrected chi connectivity index (χ2v) is 8.47. The van der Waals surface area contributed by atoms with E-state index < -0.39 is 0 Å². The summed E-state index contributed by atoms with van der Waals surface area (Å²) in [5.74, 6) is 0.607. The molecule has 0 fully saturated rings. The number of hydrogen-bond acceptors (Lipinski definition) is 5. The van der Waals surface area contributed by atoms with Gasteiger partial charge in [-0.3, -0.25) is 10.1 Å². The maximum Gasteiger partial charge on any atom is 0.258 e. The van der Waals surface area contributed by atoms with E-state index in [0.29, 0.717) is 22.4 Å². The van der Waals surface area contributed by atoms with Gasteiger partial charge in [0.25, 0.3) is 5.91 Å². The molecule has 0 radical (unpaired) electrons. The van der Waals surface area contributed by atoms with E-state index in [-0.39, 0.29) is 17.9 Å². The summed E-state index contributed by atoms with van der Waals surface area (Å²) in [6.45, 7) is 7.96. The number of fused-ring (bicyclic) bond motifs is 1. The third-order valence-corrected chi connectivity index (χ3v) is 5.72. The van der Waals surface area contributed by atoms with Crippen molar-refractivity contribution >= 4 is 22.9 Å². The van der Waals surface area contributed by atoms with Crippen molar-refractivity contribution in [3.63, 3.8) is 0 Å². The van der Waals surface area contributed by atoms with Crippen LogP contribution in [0.5, 0.6) is 0 Å². The highest BCUT2D eigenvalue weighted by Gasteiger charge is 2.20. The Kier molecular flexibility index (Phi) is 5.41. The van der Waals surface area contributed by atoms with Crippen molar-refractivity contribution in [3.05, 3.63) is 83.8 Å². The third-order valence-electron chi connectivity index (χ3n) is 5.72. The minimum absolute atomic E-state index is 0.0962. The smallest absolute Gasteiger partial charge is 0.258 e. The second-order valence-electron chi connectivity index (χ2n) is 8.47. The highest BCUT2D eigenvalue weighted by atomic mass is 16.1. The molecule has 5 rings (SSSR count). The number of rotatable bonds is 5. The molecule has 1 amide bonds. The van der Waals surface area contributed by atoms with Crippen LogP contribution in [0, 0.1) is 13.8 Å². The highest BCUT2D eigenvalue weighted by Crippen LogP contribution is 2.28. The predicted molar refractivity (Wildman–Crippen MR) is 132 cm³/mol. The molecular formula is C26H25N7O. The lowest BCUT2D eigenvalue weighted by molar-refractivity contribution is 0.102. The first-order valence-corrected chi connectivity index (χ1v) is 11.2. The van der Waals surface area contributed by atoms with Crippen LogP contribution in [0.3, 0.4) is 0 Å². The van der Waals surface area contributed by atoms with E-state index >= 15 is 0 Å². The van der Waals surface area contributed by atoms with Gasteiger partial charge in [0, 0.05) is 11.6 Å². The Labute approximate surface area is 197 Å². The molecule has 3 heterocycles.